The third-order valence-corrected chi connectivity index (χ3v) is 4.41. The van der Waals surface area contributed by atoms with Crippen molar-refractivity contribution in [2.45, 2.75) is 38.0 Å². The van der Waals surface area contributed by atoms with Crippen LogP contribution in [0.1, 0.15) is 24.0 Å². The van der Waals surface area contributed by atoms with E-state index in [1.807, 2.05) is 24.3 Å². The van der Waals surface area contributed by atoms with Crippen molar-refractivity contribution < 1.29 is 29.0 Å². The Hall–Kier alpha value is -3.88. The monoisotopic (exact) mass is 427 g/mol. The number of aliphatic carboxylic acids is 1. The molecule has 0 aromatic heterocycles. The van der Waals surface area contributed by atoms with Gasteiger partial charge in [0.25, 0.3) is 0 Å². The summed E-state index contributed by atoms with van der Waals surface area (Å²) in [5, 5.41) is 13.7. The van der Waals surface area contributed by atoms with Gasteiger partial charge in [0.15, 0.2) is 0 Å². The zero-order chi connectivity index (χ0) is 22.6. The quantitative estimate of drug-likeness (QED) is 0.426. The number of primary amides is 1. The molecule has 164 valence electrons. The first kappa shape index (κ1) is 23.4. The van der Waals surface area contributed by atoms with Crippen molar-refractivity contribution in [3.8, 4) is 0 Å². The van der Waals surface area contributed by atoms with Crippen LogP contribution in [0.15, 0.2) is 60.7 Å². The van der Waals surface area contributed by atoms with Gasteiger partial charge < -0.3 is 26.2 Å². The second-order valence-electron chi connectivity index (χ2n) is 6.84. The van der Waals surface area contributed by atoms with Gasteiger partial charge >= 0.3 is 12.1 Å². The van der Waals surface area contributed by atoms with Crippen LogP contribution in [-0.4, -0.2) is 41.1 Å². The number of carboxylic acid groups (broad SMARTS) is 1. The lowest BCUT2D eigenvalue weighted by molar-refractivity contribution is -0.137. The molecule has 2 atom stereocenters. The largest absolute Gasteiger partial charge is 0.481 e. The predicted octanol–water partition coefficient (Wildman–Crippen LogP) is 1.36. The Labute approximate surface area is 179 Å². The summed E-state index contributed by atoms with van der Waals surface area (Å²) >= 11 is 0. The highest BCUT2D eigenvalue weighted by Crippen LogP contribution is 2.07. The SMILES string of the molecule is NC(=O)[C@@H](CCC(=O)O)NC(=O)[C@H](Cc1ccccc1)NC(=O)OCc1ccccc1. The van der Waals surface area contributed by atoms with Crippen LogP contribution in [0, 0.1) is 0 Å². The second kappa shape index (κ2) is 12.0. The first-order valence-corrected chi connectivity index (χ1v) is 9.67. The summed E-state index contributed by atoms with van der Waals surface area (Å²) in [5.41, 5.74) is 6.83. The Kier molecular flexibility index (Phi) is 9.03. The molecule has 0 saturated heterocycles. The van der Waals surface area contributed by atoms with Gasteiger partial charge in [0, 0.05) is 12.8 Å². The fraction of sp³-hybridized carbons (Fsp3) is 0.273. The fourth-order valence-electron chi connectivity index (χ4n) is 2.79. The molecule has 2 rings (SSSR count). The number of hydrogen-bond donors (Lipinski definition) is 4. The van der Waals surface area contributed by atoms with E-state index in [-0.39, 0.29) is 25.9 Å². The minimum Gasteiger partial charge on any atom is -0.481 e. The van der Waals surface area contributed by atoms with E-state index in [9.17, 15) is 19.2 Å². The van der Waals surface area contributed by atoms with Gasteiger partial charge in [-0.3, -0.25) is 14.4 Å². The summed E-state index contributed by atoms with van der Waals surface area (Å²) < 4.78 is 5.18. The number of ether oxygens (including phenoxy) is 1. The van der Waals surface area contributed by atoms with Gasteiger partial charge in [-0.15, -0.1) is 0 Å². The van der Waals surface area contributed by atoms with Crippen LogP contribution < -0.4 is 16.4 Å². The first-order valence-electron chi connectivity index (χ1n) is 9.67. The topological polar surface area (TPSA) is 148 Å². The van der Waals surface area contributed by atoms with Crippen LogP contribution in [0.3, 0.4) is 0 Å². The van der Waals surface area contributed by atoms with Crippen LogP contribution in [-0.2, 0) is 32.1 Å². The van der Waals surface area contributed by atoms with Gasteiger partial charge in [-0.25, -0.2) is 4.79 Å². The van der Waals surface area contributed by atoms with E-state index in [0.717, 1.165) is 11.1 Å². The molecule has 0 heterocycles. The molecule has 0 fully saturated rings. The number of rotatable bonds is 11. The van der Waals surface area contributed by atoms with Crippen molar-refractivity contribution >= 4 is 23.9 Å². The van der Waals surface area contributed by atoms with Gasteiger partial charge in [0.2, 0.25) is 11.8 Å². The van der Waals surface area contributed by atoms with Gasteiger partial charge in [-0.2, -0.15) is 0 Å². The average Bonchev–Trinajstić information content (AvgIpc) is 2.75. The highest BCUT2D eigenvalue weighted by atomic mass is 16.5. The van der Waals surface area contributed by atoms with E-state index in [0.29, 0.717) is 0 Å². The molecular formula is C22H25N3O6. The standard InChI is InChI=1S/C22H25N3O6/c23-20(28)17(11-12-19(26)27)24-21(29)18(13-15-7-3-1-4-8-15)25-22(30)31-14-16-9-5-2-6-10-16/h1-10,17-18H,11-14H2,(H2,23,28)(H,24,29)(H,25,30)(H,26,27)/t17-,18+/m1/s1. The van der Waals surface area contributed by atoms with Crippen molar-refractivity contribution in [2.75, 3.05) is 0 Å². The van der Waals surface area contributed by atoms with Crippen molar-refractivity contribution in [3.63, 3.8) is 0 Å². The predicted molar refractivity (Wildman–Crippen MR) is 112 cm³/mol. The van der Waals surface area contributed by atoms with E-state index in [2.05, 4.69) is 10.6 Å². The number of carbonyl (C=O) groups excluding carboxylic acids is 3. The summed E-state index contributed by atoms with van der Waals surface area (Å²) in [6.45, 7) is 0.0227. The lowest BCUT2D eigenvalue weighted by Crippen LogP contribution is -2.53. The summed E-state index contributed by atoms with van der Waals surface area (Å²) in [4.78, 5) is 47.4. The second-order valence-corrected chi connectivity index (χ2v) is 6.84. The van der Waals surface area contributed by atoms with Gasteiger partial charge in [-0.05, 0) is 17.5 Å². The Balaban J connectivity index is 2.05. The highest BCUT2D eigenvalue weighted by molar-refractivity contribution is 5.91. The molecule has 0 aliphatic heterocycles. The van der Waals surface area contributed by atoms with Crippen LogP contribution in [0.25, 0.3) is 0 Å². The Morgan fingerprint density at radius 1 is 0.871 bits per heavy atom. The molecular weight excluding hydrogens is 402 g/mol. The summed E-state index contributed by atoms with van der Waals surface area (Å²) in [6.07, 6.45) is -1.17. The van der Waals surface area contributed by atoms with Gasteiger partial charge in [0.1, 0.15) is 18.7 Å². The van der Waals surface area contributed by atoms with Gasteiger partial charge in [0.05, 0.1) is 0 Å². The molecule has 9 heteroatoms. The molecule has 0 unspecified atom stereocenters. The molecule has 0 saturated carbocycles. The molecule has 0 radical (unpaired) electrons. The average molecular weight is 427 g/mol. The number of benzene rings is 2. The lowest BCUT2D eigenvalue weighted by Gasteiger charge is -2.21. The van der Waals surface area contributed by atoms with Crippen LogP contribution in [0.5, 0.6) is 0 Å². The minimum absolute atomic E-state index is 0.0227. The molecule has 0 aliphatic carbocycles. The third kappa shape index (κ3) is 8.57. The lowest BCUT2D eigenvalue weighted by atomic mass is 10.0. The zero-order valence-corrected chi connectivity index (χ0v) is 16.8. The maximum atomic E-state index is 12.8. The van der Waals surface area contributed by atoms with E-state index in [4.69, 9.17) is 15.6 Å². The third-order valence-electron chi connectivity index (χ3n) is 4.41. The normalized spacial score (nSPS) is 12.3. The number of amides is 3. The molecule has 2 aromatic rings. The smallest absolute Gasteiger partial charge is 0.408 e. The van der Waals surface area contributed by atoms with E-state index in [1.54, 1.807) is 36.4 Å². The molecule has 0 bridgehead atoms. The molecule has 31 heavy (non-hydrogen) atoms. The number of carboxylic acids is 1. The highest BCUT2D eigenvalue weighted by Gasteiger charge is 2.26. The minimum atomic E-state index is -1.18. The molecule has 3 amide bonds. The summed E-state index contributed by atoms with van der Waals surface area (Å²) in [5.74, 6) is -2.65. The van der Waals surface area contributed by atoms with Crippen molar-refractivity contribution in [3.05, 3.63) is 71.8 Å². The number of alkyl carbamates (subject to hydrolysis) is 1. The van der Waals surface area contributed by atoms with Crippen LogP contribution in [0.4, 0.5) is 4.79 Å². The van der Waals surface area contributed by atoms with Crippen LogP contribution >= 0.6 is 0 Å². The van der Waals surface area contributed by atoms with Gasteiger partial charge in [-0.1, -0.05) is 60.7 Å². The fourth-order valence-corrected chi connectivity index (χ4v) is 2.79. The first-order chi connectivity index (χ1) is 14.8. The number of hydrogen-bond acceptors (Lipinski definition) is 5. The van der Waals surface area contributed by atoms with E-state index >= 15 is 0 Å². The Morgan fingerprint density at radius 3 is 2.00 bits per heavy atom. The number of nitrogens with two attached hydrogens (primary N) is 1. The molecule has 0 spiro atoms. The van der Waals surface area contributed by atoms with E-state index < -0.39 is 36.0 Å². The maximum absolute atomic E-state index is 12.8. The maximum Gasteiger partial charge on any atom is 0.408 e. The molecule has 2 aromatic carbocycles. The van der Waals surface area contributed by atoms with E-state index in [1.165, 1.54) is 0 Å². The van der Waals surface area contributed by atoms with Crippen molar-refractivity contribution in [1.29, 1.82) is 0 Å². The summed E-state index contributed by atoms with van der Waals surface area (Å²) in [6, 6.07) is 15.8. The summed E-state index contributed by atoms with van der Waals surface area (Å²) in [7, 11) is 0. The molecule has 5 N–H and O–H groups in total. The Morgan fingerprint density at radius 2 is 1.45 bits per heavy atom. The number of nitrogens with one attached hydrogen (secondary N) is 2. The molecule has 9 nitrogen and oxygen atoms in total. The molecule has 0 aliphatic rings. The van der Waals surface area contributed by atoms with Crippen LogP contribution in [0.2, 0.25) is 0 Å². The zero-order valence-electron chi connectivity index (χ0n) is 16.8. The van der Waals surface area contributed by atoms with Crippen molar-refractivity contribution in [2.24, 2.45) is 5.73 Å². The number of carbonyl (C=O) groups is 4. The Bertz CT molecular complexity index is 889. The van der Waals surface area contributed by atoms with Crippen molar-refractivity contribution in [1.82, 2.24) is 10.6 Å².